The fourth-order valence-corrected chi connectivity index (χ4v) is 6.81. The number of nitrogens with one attached hydrogen (secondary N) is 1. The summed E-state index contributed by atoms with van der Waals surface area (Å²) in [7, 11) is 1.56. The number of aliphatic hydroxyl groups is 1. The highest BCUT2D eigenvalue weighted by molar-refractivity contribution is 7.47. The highest BCUT2D eigenvalue weighted by Crippen LogP contribution is 2.43. The van der Waals surface area contributed by atoms with E-state index in [0.717, 1.165) is 44.9 Å². The number of unbranched alkanes of at least 4 members (excludes halogenated alkanes) is 22. The number of nitrogens with zero attached hydrogens (tertiary/aromatic N) is 1. The number of hydrogen-bond acceptors (Lipinski definition) is 5. The van der Waals surface area contributed by atoms with E-state index in [9.17, 15) is 19.4 Å². The molecule has 0 heterocycles. The van der Waals surface area contributed by atoms with Crippen molar-refractivity contribution in [1.29, 1.82) is 0 Å². The number of quaternary nitrogens is 1. The molecule has 0 fully saturated rings. The lowest BCUT2D eigenvalue weighted by molar-refractivity contribution is -0.870. The number of likely N-dealkylation sites (N-methyl/N-ethyl adjacent to an activating group) is 1. The third-order valence-electron chi connectivity index (χ3n) is 9.60. The lowest BCUT2D eigenvalue weighted by atomic mass is 10.0. The van der Waals surface area contributed by atoms with E-state index in [1.807, 2.05) is 27.2 Å². The van der Waals surface area contributed by atoms with E-state index in [2.05, 4.69) is 43.5 Å². The average Bonchev–Trinajstić information content (AvgIpc) is 3.10. The van der Waals surface area contributed by atoms with Crippen molar-refractivity contribution in [3.63, 3.8) is 0 Å². The Bertz CT molecular complexity index is 964. The third-order valence-corrected chi connectivity index (χ3v) is 10.6. The van der Waals surface area contributed by atoms with Gasteiger partial charge in [0, 0.05) is 6.42 Å². The fourth-order valence-electron chi connectivity index (χ4n) is 6.07. The molecular weight excluding hydrogens is 683 g/mol. The van der Waals surface area contributed by atoms with Crippen LogP contribution in [0.5, 0.6) is 0 Å². The van der Waals surface area contributed by atoms with Crippen LogP contribution in [0.4, 0.5) is 0 Å². The smallest absolute Gasteiger partial charge is 0.387 e. The van der Waals surface area contributed by atoms with Gasteiger partial charge in [-0.05, 0) is 51.4 Å². The molecule has 3 atom stereocenters. The van der Waals surface area contributed by atoms with Crippen LogP contribution in [0.25, 0.3) is 0 Å². The summed E-state index contributed by atoms with van der Waals surface area (Å²) in [6, 6.07) is -0.845. The largest absolute Gasteiger partial charge is 0.472 e. The van der Waals surface area contributed by atoms with Gasteiger partial charge in [-0.25, -0.2) is 4.57 Å². The molecule has 0 rings (SSSR count). The Kier molecular flexibility index (Phi) is 35.5. The summed E-state index contributed by atoms with van der Waals surface area (Å²) in [6.07, 6.45) is 43.5. The topological polar surface area (TPSA) is 105 Å². The number of hydrogen-bond donors (Lipinski definition) is 3. The lowest BCUT2D eigenvalue weighted by Gasteiger charge is -2.25. The standard InChI is InChI=1S/C44H85N2O6P/c1-6-8-10-12-14-16-18-19-20-21-22-23-24-25-26-27-28-30-32-34-36-38-44(48)45-42(41-52-53(49,50)51-40-39-46(3,4)5)43(47)37-35-33-31-29-17-15-13-11-9-7-2/h18-19,21-22,35,37,42-43,47H,6-17,20,23-34,36,38-41H2,1-5H3,(H-,45,48,49,50)/p+1/b19-18-,22-21-,37-35+. The quantitative estimate of drug-likeness (QED) is 0.0249. The Morgan fingerprint density at radius 2 is 1.08 bits per heavy atom. The van der Waals surface area contributed by atoms with Crippen LogP contribution in [-0.4, -0.2) is 73.4 Å². The molecule has 53 heavy (non-hydrogen) atoms. The summed E-state index contributed by atoms with van der Waals surface area (Å²) in [5.74, 6) is -0.185. The molecule has 0 aliphatic rings. The minimum Gasteiger partial charge on any atom is -0.387 e. The number of allylic oxidation sites excluding steroid dienone is 5. The second kappa shape index (κ2) is 36.4. The van der Waals surface area contributed by atoms with Gasteiger partial charge in [-0.3, -0.25) is 13.8 Å². The second-order valence-electron chi connectivity index (χ2n) is 16.1. The Balaban J connectivity index is 4.32. The molecular formula is C44H86N2O6P+. The molecule has 0 aliphatic heterocycles. The lowest BCUT2D eigenvalue weighted by Crippen LogP contribution is -2.45. The van der Waals surface area contributed by atoms with Gasteiger partial charge in [0.25, 0.3) is 0 Å². The summed E-state index contributed by atoms with van der Waals surface area (Å²) < 4.78 is 23.5. The minimum absolute atomic E-state index is 0.0601. The normalized spacial score (nSPS) is 14.8. The number of phosphoric ester groups is 1. The fraction of sp³-hybridized carbons (Fsp3) is 0.841. The molecule has 0 bridgehead atoms. The van der Waals surface area contributed by atoms with Crippen molar-refractivity contribution in [1.82, 2.24) is 5.32 Å². The first-order chi connectivity index (χ1) is 25.5. The highest BCUT2D eigenvalue weighted by atomic mass is 31.2. The van der Waals surface area contributed by atoms with Gasteiger partial charge >= 0.3 is 7.82 Å². The molecule has 8 nitrogen and oxygen atoms in total. The van der Waals surface area contributed by atoms with Gasteiger partial charge in [-0.1, -0.05) is 166 Å². The molecule has 0 saturated carbocycles. The SMILES string of the molecule is CCCCCCC/C=C\C/C=C\CCCCCCCCCCCC(=O)NC(COP(=O)(O)OCC[N+](C)(C)C)C(O)/C=C/CCCCCCCCCC. The molecule has 312 valence electrons. The van der Waals surface area contributed by atoms with E-state index >= 15 is 0 Å². The van der Waals surface area contributed by atoms with E-state index in [-0.39, 0.29) is 19.1 Å². The van der Waals surface area contributed by atoms with Crippen molar-refractivity contribution >= 4 is 13.7 Å². The summed E-state index contributed by atoms with van der Waals surface area (Å²) in [5, 5.41) is 13.8. The molecule has 0 aromatic carbocycles. The van der Waals surface area contributed by atoms with Crippen LogP contribution >= 0.6 is 7.82 Å². The van der Waals surface area contributed by atoms with Crippen LogP contribution in [0.2, 0.25) is 0 Å². The van der Waals surface area contributed by atoms with Crippen LogP contribution in [0.1, 0.15) is 187 Å². The molecule has 0 aromatic heterocycles. The van der Waals surface area contributed by atoms with Gasteiger partial charge in [-0.15, -0.1) is 0 Å². The van der Waals surface area contributed by atoms with Crippen molar-refractivity contribution < 1.29 is 32.9 Å². The first-order valence-electron chi connectivity index (χ1n) is 21.9. The van der Waals surface area contributed by atoms with Crippen molar-refractivity contribution in [3.8, 4) is 0 Å². The molecule has 0 aliphatic carbocycles. The monoisotopic (exact) mass is 770 g/mol. The van der Waals surface area contributed by atoms with E-state index in [4.69, 9.17) is 9.05 Å². The second-order valence-corrected chi connectivity index (χ2v) is 17.5. The molecule has 3 unspecified atom stereocenters. The van der Waals surface area contributed by atoms with Gasteiger partial charge in [0.05, 0.1) is 39.9 Å². The first-order valence-corrected chi connectivity index (χ1v) is 23.4. The van der Waals surface area contributed by atoms with E-state index in [1.54, 1.807) is 6.08 Å². The molecule has 0 radical (unpaired) electrons. The van der Waals surface area contributed by atoms with Crippen LogP contribution in [0.3, 0.4) is 0 Å². The minimum atomic E-state index is -4.33. The summed E-state index contributed by atoms with van der Waals surface area (Å²) >= 11 is 0. The average molecular weight is 770 g/mol. The Hall–Kier alpha value is -1.28. The van der Waals surface area contributed by atoms with Gasteiger partial charge in [0.1, 0.15) is 13.2 Å². The van der Waals surface area contributed by atoms with E-state index < -0.39 is 20.0 Å². The zero-order chi connectivity index (χ0) is 39.3. The Morgan fingerprint density at radius 3 is 1.55 bits per heavy atom. The predicted octanol–water partition coefficient (Wildman–Crippen LogP) is 11.9. The third kappa shape index (κ3) is 38.8. The maximum absolute atomic E-state index is 12.8. The molecule has 0 saturated heterocycles. The van der Waals surface area contributed by atoms with Crippen LogP contribution in [0, 0.1) is 0 Å². The van der Waals surface area contributed by atoms with Crippen molar-refractivity contribution in [3.05, 3.63) is 36.5 Å². The zero-order valence-corrected chi connectivity index (χ0v) is 36.1. The van der Waals surface area contributed by atoms with Crippen molar-refractivity contribution in [2.24, 2.45) is 0 Å². The van der Waals surface area contributed by atoms with Gasteiger partial charge in [0.2, 0.25) is 5.91 Å². The summed E-state index contributed by atoms with van der Waals surface area (Å²) in [5.41, 5.74) is 0. The summed E-state index contributed by atoms with van der Waals surface area (Å²) in [6.45, 7) is 4.77. The molecule has 9 heteroatoms. The number of carbonyl (C=O) groups is 1. The van der Waals surface area contributed by atoms with Gasteiger partial charge < -0.3 is 19.8 Å². The molecule has 1 amide bonds. The van der Waals surface area contributed by atoms with E-state index in [0.29, 0.717) is 17.4 Å². The Labute approximate surface area is 327 Å². The van der Waals surface area contributed by atoms with Gasteiger partial charge in [-0.2, -0.15) is 0 Å². The van der Waals surface area contributed by atoms with Crippen LogP contribution in [0.15, 0.2) is 36.5 Å². The number of rotatable bonds is 39. The van der Waals surface area contributed by atoms with Crippen LogP contribution < -0.4 is 5.32 Å². The van der Waals surface area contributed by atoms with Gasteiger partial charge in [0.15, 0.2) is 0 Å². The molecule has 0 spiro atoms. The maximum atomic E-state index is 12.8. The zero-order valence-electron chi connectivity index (χ0n) is 35.3. The Morgan fingerprint density at radius 1 is 0.642 bits per heavy atom. The maximum Gasteiger partial charge on any atom is 0.472 e. The first kappa shape index (κ1) is 51.7. The van der Waals surface area contributed by atoms with Crippen LogP contribution in [-0.2, 0) is 18.4 Å². The molecule has 3 N–H and O–H groups in total. The number of aliphatic hydroxyl groups excluding tert-OH is 1. The van der Waals surface area contributed by atoms with Crippen molar-refractivity contribution in [2.75, 3.05) is 40.9 Å². The molecule has 0 aromatic rings. The number of phosphoric acid groups is 1. The highest BCUT2D eigenvalue weighted by Gasteiger charge is 2.27. The summed E-state index contributed by atoms with van der Waals surface area (Å²) in [4.78, 5) is 23.0. The number of carbonyl (C=O) groups excluding carboxylic acids is 1. The number of amides is 1. The van der Waals surface area contributed by atoms with E-state index in [1.165, 1.54) is 122 Å². The van der Waals surface area contributed by atoms with Crippen molar-refractivity contribution in [2.45, 2.75) is 199 Å². The predicted molar refractivity (Wildman–Crippen MR) is 226 cm³/mol.